The van der Waals surface area contributed by atoms with Crippen molar-refractivity contribution in [2.75, 3.05) is 6.54 Å². The van der Waals surface area contributed by atoms with E-state index in [4.69, 9.17) is 0 Å². The molecule has 0 atom stereocenters. The molecular formula is C14H25N7. The maximum Gasteiger partial charge on any atom is 0.148 e. The molecule has 21 heavy (non-hydrogen) atoms. The van der Waals surface area contributed by atoms with Crippen molar-refractivity contribution < 1.29 is 0 Å². The van der Waals surface area contributed by atoms with Crippen molar-refractivity contribution in [3.8, 4) is 0 Å². The zero-order chi connectivity index (χ0) is 15.2. The number of aromatic nitrogens is 6. The van der Waals surface area contributed by atoms with E-state index in [0.29, 0.717) is 18.4 Å². The standard InChI is InChI=1S/C14H25N7/c1-11(2)5-15-6-13-16-9-19-21(13)8-14-17-10-18-20(14)7-12(3)4/h9-12,15H,5-8H2,1-4H3. The molecule has 0 saturated carbocycles. The van der Waals surface area contributed by atoms with Crippen LogP contribution in [0.4, 0.5) is 0 Å². The Kier molecular flexibility index (Phi) is 5.44. The quantitative estimate of drug-likeness (QED) is 0.794. The van der Waals surface area contributed by atoms with E-state index in [1.807, 2.05) is 9.36 Å². The lowest BCUT2D eigenvalue weighted by molar-refractivity contribution is 0.451. The third-order valence-electron chi connectivity index (χ3n) is 3.06. The van der Waals surface area contributed by atoms with Gasteiger partial charge in [0.05, 0.1) is 6.54 Å². The normalized spacial score (nSPS) is 11.7. The Morgan fingerprint density at radius 2 is 1.62 bits per heavy atom. The van der Waals surface area contributed by atoms with Crippen molar-refractivity contribution in [3.63, 3.8) is 0 Å². The minimum absolute atomic E-state index is 0.536. The van der Waals surface area contributed by atoms with Crippen molar-refractivity contribution in [1.29, 1.82) is 0 Å². The summed E-state index contributed by atoms with van der Waals surface area (Å²) in [5.41, 5.74) is 0. The van der Waals surface area contributed by atoms with Crippen molar-refractivity contribution >= 4 is 0 Å². The molecule has 0 fully saturated rings. The highest BCUT2D eigenvalue weighted by atomic mass is 15.4. The molecule has 7 heteroatoms. The minimum Gasteiger partial charge on any atom is -0.310 e. The lowest BCUT2D eigenvalue weighted by atomic mass is 10.2. The molecule has 0 bridgehead atoms. The molecular weight excluding hydrogens is 266 g/mol. The van der Waals surface area contributed by atoms with Crippen LogP contribution in [-0.2, 0) is 19.6 Å². The molecule has 2 aromatic heterocycles. The van der Waals surface area contributed by atoms with E-state index in [1.54, 1.807) is 12.7 Å². The predicted octanol–water partition coefficient (Wildman–Crippen LogP) is 1.32. The van der Waals surface area contributed by atoms with Crippen LogP contribution < -0.4 is 5.32 Å². The summed E-state index contributed by atoms with van der Waals surface area (Å²) in [6.45, 7) is 11.9. The topological polar surface area (TPSA) is 73.5 Å². The number of hydrogen-bond acceptors (Lipinski definition) is 5. The predicted molar refractivity (Wildman–Crippen MR) is 80.5 cm³/mol. The Labute approximate surface area is 125 Å². The first kappa shape index (κ1) is 15.6. The number of nitrogens with one attached hydrogen (secondary N) is 1. The third-order valence-corrected chi connectivity index (χ3v) is 3.06. The first-order valence-corrected chi connectivity index (χ1v) is 7.50. The number of hydrogen-bond donors (Lipinski definition) is 1. The summed E-state index contributed by atoms with van der Waals surface area (Å²) in [4.78, 5) is 8.65. The van der Waals surface area contributed by atoms with Gasteiger partial charge in [-0.05, 0) is 18.4 Å². The largest absolute Gasteiger partial charge is 0.310 e. The fraction of sp³-hybridized carbons (Fsp3) is 0.714. The Balaban J connectivity index is 2.00. The van der Waals surface area contributed by atoms with Crippen LogP contribution in [0, 0.1) is 11.8 Å². The van der Waals surface area contributed by atoms with Gasteiger partial charge in [0.1, 0.15) is 30.8 Å². The van der Waals surface area contributed by atoms with Crippen LogP contribution in [0.2, 0.25) is 0 Å². The van der Waals surface area contributed by atoms with Gasteiger partial charge >= 0.3 is 0 Å². The highest BCUT2D eigenvalue weighted by Crippen LogP contribution is 2.04. The molecule has 0 radical (unpaired) electrons. The first-order valence-electron chi connectivity index (χ1n) is 7.50. The molecule has 2 rings (SSSR count). The summed E-state index contributed by atoms with van der Waals surface area (Å²) in [7, 11) is 0. The second-order valence-electron chi connectivity index (χ2n) is 6.11. The fourth-order valence-corrected chi connectivity index (χ4v) is 2.07. The van der Waals surface area contributed by atoms with E-state index in [1.165, 1.54) is 0 Å². The molecule has 0 aliphatic heterocycles. The van der Waals surface area contributed by atoms with Gasteiger partial charge in [0.2, 0.25) is 0 Å². The molecule has 0 aromatic carbocycles. The van der Waals surface area contributed by atoms with Crippen LogP contribution in [0.5, 0.6) is 0 Å². The number of nitrogens with zero attached hydrogens (tertiary/aromatic N) is 6. The van der Waals surface area contributed by atoms with E-state index < -0.39 is 0 Å². The number of rotatable bonds is 8. The van der Waals surface area contributed by atoms with Gasteiger partial charge in [0.15, 0.2) is 0 Å². The first-order chi connectivity index (χ1) is 10.1. The molecule has 116 valence electrons. The second kappa shape index (κ2) is 7.31. The molecule has 0 amide bonds. The van der Waals surface area contributed by atoms with Gasteiger partial charge in [-0.3, -0.25) is 0 Å². The highest BCUT2D eigenvalue weighted by Gasteiger charge is 2.10. The van der Waals surface area contributed by atoms with E-state index in [9.17, 15) is 0 Å². The summed E-state index contributed by atoms with van der Waals surface area (Å²) in [6, 6.07) is 0. The Hall–Kier alpha value is -1.76. The maximum absolute atomic E-state index is 4.34. The Morgan fingerprint density at radius 1 is 0.952 bits per heavy atom. The summed E-state index contributed by atoms with van der Waals surface area (Å²) in [5, 5.41) is 12.0. The van der Waals surface area contributed by atoms with Gasteiger partial charge in [0, 0.05) is 6.54 Å². The van der Waals surface area contributed by atoms with Gasteiger partial charge in [0.25, 0.3) is 0 Å². The molecule has 2 aromatic rings. The van der Waals surface area contributed by atoms with Crippen LogP contribution in [0.25, 0.3) is 0 Å². The SMILES string of the molecule is CC(C)CNCc1ncnn1Cc1ncnn1CC(C)C. The van der Waals surface area contributed by atoms with E-state index >= 15 is 0 Å². The summed E-state index contributed by atoms with van der Waals surface area (Å²) in [5.74, 6) is 3.00. The molecule has 0 aliphatic rings. The van der Waals surface area contributed by atoms with Crippen molar-refractivity contribution in [3.05, 3.63) is 24.3 Å². The zero-order valence-corrected chi connectivity index (χ0v) is 13.3. The van der Waals surface area contributed by atoms with Crippen LogP contribution in [0.3, 0.4) is 0 Å². The van der Waals surface area contributed by atoms with Crippen LogP contribution in [0.1, 0.15) is 39.3 Å². The van der Waals surface area contributed by atoms with E-state index in [0.717, 1.165) is 31.3 Å². The van der Waals surface area contributed by atoms with Crippen molar-refractivity contribution in [1.82, 2.24) is 34.8 Å². The van der Waals surface area contributed by atoms with Crippen molar-refractivity contribution in [2.24, 2.45) is 11.8 Å². The van der Waals surface area contributed by atoms with Gasteiger partial charge in [-0.15, -0.1) is 0 Å². The van der Waals surface area contributed by atoms with Gasteiger partial charge < -0.3 is 5.32 Å². The van der Waals surface area contributed by atoms with E-state index in [-0.39, 0.29) is 0 Å². The summed E-state index contributed by atoms with van der Waals surface area (Å²) in [6.07, 6.45) is 3.20. The average molecular weight is 291 g/mol. The Bertz CT molecular complexity index is 541. The minimum atomic E-state index is 0.536. The molecule has 7 nitrogen and oxygen atoms in total. The van der Waals surface area contributed by atoms with Gasteiger partial charge in [-0.2, -0.15) is 10.2 Å². The molecule has 0 spiro atoms. The highest BCUT2D eigenvalue weighted by molar-refractivity contribution is 4.91. The van der Waals surface area contributed by atoms with Crippen LogP contribution in [-0.4, -0.2) is 36.1 Å². The molecule has 1 N–H and O–H groups in total. The smallest absolute Gasteiger partial charge is 0.148 e. The maximum atomic E-state index is 4.34. The molecule has 0 saturated heterocycles. The monoisotopic (exact) mass is 291 g/mol. The Morgan fingerprint density at radius 3 is 2.29 bits per heavy atom. The van der Waals surface area contributed by atoms with Gasteiger partial charge in [-0.25, -0.2) is 19.3 Å². The fourth-order valence-electron chi connectivity index (χ4n) is 2.07. The van der Waals surface area contributed by atoms with E-state index in [2.05, 4.69) is 53.2 Å². The lowest BCUT2D eigenvalue weighted by Gasteiger charge is -2.11. The summed E-state index contributed by atoms with van der Waals surface area (Å²) >= 11 is 0. The molecule has 2 heterocycles. The van der Waals surface area contributed by atoms with Crippen LogP contribution in [0.15, 0.2) is 12.7 Å². The zero-order valence-electron chi connectivity index (χ0n) is 13.3. The lowest BCUT2D eigenvalue weighted by Crippen LogP contribution is -2.22. The second-order valence-corrected chi connectivity index (χ2v) is 6.11. The average Bonchev–Trinajstić information content (AvgIpc) is 3.00. The van der Waals surface area contributed by atoms with Crippen LogP contribution >= 0.6 is 0 Å². The third kappa shape index (κ3) is 4.63. The molecule has 0 aliphatic carbocycles. The van der Waals surface area contributed by atoms with Gasteiger partial charge in [-0.1, -0.05) is 27.7 Å². The van der Waals surface area contributed by atoms with Crippen molar-refractivity contribution in [2.45, 2.75) is 47.3 Å². The molecule has 0 unspecified atom stereocenters. The summed E-state index contributed by atoms with van der Waals surface area (Å²) < 4.78 is 3.83.